The molecule has 2 aromatic rings. The van der Waals surface area contributed by atoms with Crippen LogP contribution in [0.15, 0.2) is 35.5 Å². The SMILES string of the molecule is CNc1ccc(S(=O)(=O)NCc2ncn[nH]2)cc1. The minimum Gasteiger partial charge on any atom is -0.388 e. The molecular weight excluding hydrogens is 254 g/mol. The molecule has 0 radical (unpaired) electrons. The third kappa shape index (κ3) is 2.84. The topological polar surface area (TPSA) is 99.8 Å². The van der Waals surface area contributed by atoms with Crippen molar-refractivity contribution in [3.8, 4) is 0 Å². The fourth-order valence-electron chi connectivity index (χ4n) is 1.36. The molecule has 0 fully saturated rings. The Kier molecular flexibility index (Phi) is 3.58. The Morgan fingerprint density at radius 3 is 2.56 bits per heavy atom. The standard InChI is InChI=1S/C10H13N5O2S/c1-11-8-2-4-9(5-3-8)18(16,17)14-6-10-12-7-13-15-10/h2-5,7,11,14H,6H2,1H3,(H,12,13,15). The fourth-order valence-corrected chi connectivity index (χ4v) is 2.35. The van der Waals surface area contributed by atoms with Gasteiger partial charge in [-0.2, -0.15) is 5.10 Å². The van der Waals surface area contributed by atoms with E-state index in [2.05, 4.69) is 25.2 Å². The average molecular weight is 267 g/mol. The van der Waals surface area contributed by atoms with Gasteiger partial charge in [0, 0.05) is 12.7 Å². The van der Waals surface area contributed by atoms with Gasteiger partial charge in [0.2, 0.25) is 10.0 Å². The molecule has 2 rings (SSSR count). The molecule has 0 saturated heterocycles. The van der Waals surface area contributed by atoms with E-state index in [-0.39, 0.29) is 11.4 Å². The number of aromatic amines is 1. The summed E-state index contributed by atoms with van der Waals surface area (Å²) in [6.45, 7) is 0.0795. The van der Waals surface area contributed by atoms with Gasteiger partial charge in [-0.15, -0.1) is 0 Å². The predicted octanol–water partition coefficient (Wildman–Crippen LogP) is 0.325. The van der Waals surface area contributed by atoms with Gasteiger partial charge in [0.05, 0.1) is 11.4 Å². The van der Waals surface area contributed by atoms with E-state index in [9.17, 15) is 8.42 Å². The van der Waals surface area contributed by atoms with Crippen LogP contribution in [-0.4, -0.2) is 30.6 Å². The zero-order chi connectivity index (χ0) is 13.0. The van der Waals surface area contributed by atoms with Crippen LogP contribution in [0.5, 0.6) is 0 Å². The zero-order valence-corrected chi connectivity index (χ0v) is 10.5. The zero-order valence-electron chi connectivity index (χ0n) is 9.71. The smallest absolute Gasteiger partial charge is 0.240 e. The van der Waals surface area contributed by atoms with Crippen LogP contribution >= 0.6 is 0 Å². The van der Waals surface area contributed by atoms with Crippen molar-refractivity contribution in [3.05, 3.63) is 36.4 Å². The lowest BCUT2D eigenvalue weighted by molar-refractivity contribution is 0.579. The van der Waals surface area contributed by atoms with Crippen molar-refractivity contribution in [3.63, 3.8) is 0 Å². The first kappa shape index (κ1) is 12.5. The van der Waals surface area contributed by atoms with E-state index in [0.717, 1.165) is 5.69 Å². The lowest BCUT2D eigenvalue weighted by Gasteiger charge is -2.06. The molecule has 0 aliphatic carbocycles. The minimum absolute atomic E-state index is 0.0795. The third-order valence-electron chi connectivity index (χ3n) is 2.35. The summed E-state index contributed by atoms with van der Waals surface area (Å²) in [6.07, 6.45) is 1.32. The van der Waals surface area contributed by atoms with Crippen LogP contribution in [0.2, 0.25) is 0 Å². The van der Waals surface area contributed by atoms with Crippen LogP contribution in [0.3, 0.4) is 0 Å². The van der Waals surface area contributed by atoms with Gasteiger partial charge in [-0.25, -0.2) is 18.1 Å². The molecule has 8 heteroatoms. The van der Waals surface area contributed by atoms with Crippen molar-refractivity contribution >= 4 is 15.7 Å². The second-order valence-corrected chi connectivity index (χ2v) is 5.30. The van der Waals surface area contributed by atoms with Crippen LogP contribution in [0.4, 0.5) is 5.69 Å². The molecule has 0 aliphatic heterocycles. The maximum atomic E-state index is 11.9. The Balaban J connectivity index is 2.09. The molecule has 0 bridgehead atoms. The van der Waals surface area contributed by atoms with Gasteiger partial charge in [-0.3, -0.25) is 5.10 Å². The van der Waals surface area contributed by atoms with Gasteiger partial charge >= 0.3 is 0 Å². The van der Waals surface area contributed by atoms with E-state index in [1.54, 1.807) is 19.2 Å². The summed E-state index contributed by atoms with van der Waals surface area (Å²) in [5, 5.41) is 9.14. The second-order valence-electron chi connectivity index (χ2n) is 3.53. The van der Waals surface area contributed by atoms with Crippen molar-refractivity contribution in [2.75, 3.05) is 12.4 Å². The Morgan fingerprint density at radius 2 is 2.00 bits per heavy atom. The van der Waals surface area contributed by atoms with E-state index >= 15 is 0 Å². The maximum absolute atomic E-state index is 11.9. The highest BCUT2D eigenvalue weighted by Gasteiger charge is 2.13. The number of aromatic nitrogens is 3. The van der Waals surface area contributed by atoms with Crippen molar-refractivity contribution in [2.45, 2.75) is 11.4 Å². The molecule has 0 amide bonds. The van der Waals surface area contributed by atoms with Gasteiger partial charge in [0.25, 0.3) is 0 Å². The summed E-state index contributed by atoms with van der Waals surface area (Å²) in [4.78, 5) is 4.05. The van der Waals surface area contributed by atoms with Crippen LogP contribution in [0, 0.1) is 0 Å². The van der Waals surface area contributed by atoms with Crippen molar-refractivity contribution in [1.82, 2.24) is 19.9 Å². The van der Waals surface area contributed by atoms with Crippen molar-refractivity contribution < 1.29 is 8.42 Å². The van der Waals surface area contributed by atoms with Crippen LogP contribution in [0.1, 0.15) is 5.82 Å². The van der Waals surface area contributed by atoms with Gasteiger partial charge in [0.15, 0.2) is 0 Å². The van der Waals surface area contributed by atoms with Crippen LogP contribution in [-0.2, 0) is 16.6 Å². The number of hydrogen-bond donors (Lipinski definition) is 3. The summed E-state index contributed by atoms with van der Waals surface area (Å²) < 4.78 is 26.3. The molecule has 0 spiro atoms. The van der Waals surface area contributed by atoms with Crippen molar-refractivity contribution in [2.24, 2.45) is 0 Å². The molecule has 1 heterocycles. The average Bonchev–Trinajstić information content (AvgIpc) is 2.90. The Labute approximate surface area is 105 Å². The number of rotatable bonds is 5. The van der Waals surface area contributed by atoms with Crippen LogP contribution < -0.4 is 10.0 Å². The summed E-state index contributed by atoms with van der Waals surface area (Å²) in [5.41, 5.74) is 0.851. The van der Waals surface area contributed by atoms with Gasteiger partial charge in [-0.1, -0.05) is 0 Å². The third-order valence-corrected chi connectivity index (χ3v) is 3.76. The summed E-state index contributed by atoms with van der Waals surface area (Å²) >= 11 is 0. The number of H-pyrrole nitrogens is 1. The molecule has 96 valence electrons. The Hall–Kier alpha value is -1.93. The highest BCUT2D eigenvalue weighted by molar-refractivity contribution is 7.89. The van der Waals surface area contributed by atoms with Gasteiger partial charge in [-0.05, 0) is 24.3 Å². The summed E-state index contributed by atoms with van der Waals surface area (Å²) in [7, 11) is -1.76. The first-order chi connectivity index (χ1) is 8.62. The van der Waals surface area contributed by atoms with Crippen molar-refractivity contribution in [1.29, 1.82) is 0 Å². The largest absolute Gasteiger partial charge is 0.388 e. The summed E-state index contributed by atoms with van der Waals surface area (Å²) in [6, 6.07) is 6.47. The molecule has 0 aliphatic rings. The summed E-state index contributed by atoms with van der Waals surface area (Å²) in [5.74, 6) is 0.463. The molecular formula is C10H13N5O2S. The molecule has 7 nitrogen and oxygen atoms in total. The first-order valence-corrected chi connectivity index (χ1v) is 6.72. The number of nitrogens with zero attached hydrogens (tertiary/aromatic N) is 2. The Bertz CT molecular complexity index is 592. The van der Waals surface area contributed by atoms with E-state index in [1.165, 1.54) is 18.5 Å². The van der Waals surface area contributed by atoms with Crippen LogP contribution in [0.25, 0.3) is 0 Å². The normalized spacial score (nSPS) is 11.4. The highest BCUT2D eigenvalue weighted by Crippen LogP contribution is 2.13. The highest BCUT2D eigenvalue weighted by atomic mass is 32.2. The lowest BCUT2D eigenvalue weighted by atomic mass is 10.3. The number of hydrogen-bond acceptors (Lipinski definition) is 5. The number of anilines is 1. The van der Waals surface area contributed by atoms with E-state index < -0.39 is 10.0 Å². The quantitative estimate of drug-likeness (QED) is 0.724. The molecule has 0 unspecified atom stereocenters. The molecule has 0 atom stereocenters. The molecule has 1 aromatic carbocycles. The first-order valence-electron chi connectivity index (χ1n) is 5.23. The monoisotopic (exact) mass is 267 g/mol. The predicted molar refractivity (Wildman–Crippen MR) is 66.4 cm³/mol. The number of benzene rings is 1. The fraction of sp³-hybridized carbons (Fsp3) is 0.200. The number of nitrogens with one attached hydrogen (secondary N) is 3. The maximum Gasteiger partial charge on any atom is 0.240 e. The Morgan fingerprint density at radius 1 is 1.28 bits per heavy atom. The molecule has 3 N–H and O–H groups in total. The second kappa shape index (κ2) is 5.15. The molecule has 1 aromatic heterocycles. The van der Waals surface area contributed by atoms with Gasteiger partial charge in [0.1, 0.15) is 12.2 Å². The lowest BCUT2D eigenvalue weighted by Crippen LogP contribution is -2.23. The molecule has 0 saturated carbocycles. The number of sulfonamides is 1. The minimum atomic E-state index is -3.53. The van der Waals surface area contributed by atoms with E-state index in [1.807, 2.05) is 0 Å². The van der Waals surface area contributed by atoms with E-state index in [0.29, 0.717) is 5.82 Å². The van der Waals surface area contributed by atoms with Gasteiger partial charge < -0.3 is 5.32 Å². The molecule has 18 heavy (non-hydrogen) atoms. The van der Waals surface area contributed by atoms with E-state index in [4.69, 9.17) is 0 Å².